The van der Waals surface area contributed by atoms with Crippen LogP contribution < -0.4 is 9.62 Å². The van der Waals surface area contributed by atoms with Crippen molar-refractivity contribution in [3.05, 3.63) is 48.4 Å². The molecule has 6 heteroatoms. The maximum absolute atomic E-state index is 12.8. The summed E-state index contributed by atoms with van der Waals surface area (Å²) in [6, 6.07) is 11.1. The largest absolute Gasteiger partial charge is 0.400 e. The van der Waals surface area contributed by atoms with E-state index in [1.807, 2.05) is 48.5 Å². The summed E-state index contributed by atoms with van der Waals surface area (Å²) in [5.41, 5.74) is 2.16. The van der Waals surface area contributed by atoms with Crippen LogP contribution in [0.2, 0.25) is 0 Å². The first-order valence-corrected chi connectivity index (χ1v) is 5.33. The summed E-state index contributed by atoms with van der Waals surface area (Å²) in [4.78, 5) is 8.04. The van der Waals surface area contributed by atoms with E-state index in [0.29, 0.717) is 5.82 Å². The van der Waals surface area contributed by atoms with E-state index < -0.39 is 0 Å². The van der Waals surface area contributed by atoms with Crippen molar-refractivity contribution in [1.82, 2.24) is 4.98 Å². The monoisotopic (exact) mass is 419 g/mol. The van der Waals surface area contributed by atoms with Crippen LogP contribution in [0.25, 0.3) is 0 Å². The molecule has 0 saturated carbocycles. The van der Waals surface area contributed by atoms with Crippen LogP contribution in [0.15, 0.2) is 42.6 Å². The van der Waals surface area contributed by atoms with Crippen molar-refractivity contribution in [2.45, 2.75) is 0 Å². The maximum Gasteiger partial charge on any atom is 0.397 e. The first-order valence-electron chi connectivity index (χ1n) is 5.33. The van der Waals surface area contributed by atoms with Gasteiger partial charge in [-0.25, -0.2) is 9.37 Å². The van der Waals surface area contributed by atoms with Crippen molar-refractivity contribution >= 4 is 24.7 Å². The van der Waals surface area contributed by atoms with E-state index in [4.69, 9.17) is 0 Å². The normalized spacial score (nSPS) is 12.8. The second kappa shape index (κ2) is 5.08. The number of aromatic nitrogens is 1. The number of anilines is 3. The van der Waals surface area contributed by atoms with Gasteiger partial charge in [0, 0.05) is 25.8 Å². The van der Waals surface area contributed by atoms with Crippen molar-refractivity contribution in [2.75, 3.05) is 16.7 Å². The van der Waals surface area contributed by atoms with Gasteiger partial charge in [-0.05, 0) is 31.3 Å². The average Bonchev–Trinajstić information content (AvgIpc) is 2.69. The molecular formula is C12H10BFIrN3. The van der Waals surface area contributed by atoms with Crippen molar-refractivity contribution in [3.63, 3.8) is 0 Å². The van der Waals surface area contributed by atoms with Crippen LogP contribution in [0.3, 0.4) is 0 Å². The zero-order valence-corrected chi connectivity index (χ0v) is 12.1. The van der Waals surface area contributed by atoms with Crippen LogP contribution in [-0.4, -0.2) is 19.6 Å². The van der Waals surface area contributed by atoms with Gasteiger partial charge in [0.15, 0.2) is 0 Å². The molecule has 0 amide bonds. The molecule has 2 aromatic rings. The van der Waals surface area contributed by atoms with Gasteiger partial charge >= 0.3 is 7.55 Å². The molecule has 1 aromatic heterocycles. The summed E-state index contributed by atoms with van der Waals surface area (Å²) in [7, 11) is 3.91. The third kappa shape index (κ3) is 2.14. The molecule has 0 atom stereocenters. The molecule has 0 saturated heterocycles. The fourth-order valence-electron chi connectivity index (χ4n) is 1.96. The quantitative estimate of drug-likeness (QED) is 0.663. The average molecular weight is 418 g/mol. The van der Waals surface area contributed by atoms with Crippen LogP contribution in [0.4, 0.5) is 21.6 Å². The molecule has 18 heavy (non-hydrogen) atoms. The van der Waals surface area contributed by atoms with Crippen LogP contribution >= 0.6 is 0 Å². The van der Waals surface area contributed by atoms with Gasteiger partial charge in [-0.3, -0.25) is 0 Å². The number of benzene rings is 1. The van der Waals surface area contributed by atoms with Gasteiger partial charge in [-0.2, -0.15) is 0 Å². The molecule has 0 N–H and O–H groups in total. The molecule has 2 heterocycles. The van der Waals surface area contributed by atoms with E-state index in [2.05, 4.69) is 4.98 Å². The summed E-state index contributed by atoms with van der Waals surface area (Å²) in [5, 5.41) is 0. The van der Waals surface area contributed by atoms with Gasteiger partial charge < -0.3 is 9.62 Å². The molecule has 0 spiro atoms. The molecule has 3 rings (SSSR count). The summed E-state index contributed by atoms with van der Waals surface area (Å²) < 4.78 is 12.8. The first kappa shape index (κ1) is 13.1. The van der Waals surface area contributed by atoms with E-state index in [-0.39, 0.29) is 25.9 Å². The Bertz CT molecular complexity index is 549. The van der Waals surface area contributed by atoms with E-state index >= 15 is 0 Å². The number of hydrogen-bond donors (Lipinski definition) is 0. The number of nitrogens with zero attached hydrogens (tertiary/aromatic N) is 3. The third-order valence-corrected chi connectivity index (χ3v) is 2.77. The molecule has 0 aliphatic carbocycles. The van der Waals surface area contributed by atoms with Crippen molar-refractivity contribution in [2.24, 2.45) is 0 Å². The minimum Gasteiger partial charge on any atom is -0.400 e. The van der Waals surface area contributed by atoms with Crippen LogP contribution in [-0.2, 0) is 20.1 Å². The zero-order valence-electron chi connectivity index (χ0n) is 9.67. The number of hydrogen-bond acceptors (Lipinski definition) is 3. The van der Waals surface area contributed by atoms with E-state index in [1.54, 1.807) is 6.07 Å². The molecule has 1 aliphatic rings. The molecule has 3 nitrogen and oxygen atoms in total. The Hall–Kier alpha value is -1.39. The smallest absolute Gasteiger partial charge is 0.397 e. The Morgan fingerprint density at radius 3 is 2.50 bits per heavy atom. The number of para-hydroxylation sites is 2. The second-order valence-corrected chi connectivity index (χ2v) is 3.92. The van der Waals surface area contributed by atoms with Crippen molar-refractivity contribution in [3.8, 4) is 0 Å². The fraction of sp³-hybridized carbons (Fsp3) is 0.0833. The SMILES string of the molecule is CN1[B]N(c2ccc(F)cn2)c2ccccc21.[Ir]. The maximum atomic E-state index is 12.8. The molecule has 0 bridgehead atoms. The zero-order chi connectivity index (χ0) is 11.8. The van der Waals surface area contributed by atoms with Crippen molar-refractivity contribution in [1.29, 1.82) is 0 Å². The van der Waals surface area contributed by atoms with Gasteiger partial charge in [0.2, 0.25) is 0 Å². The number of pyridine rings is 1. The number of halogens is 1. The van der Waals surface area contributed by atoms with E-state index in [9.17, 15) is 4.39 Å². The summed E-state index contributed by atoms with van der Waals surface area (Å²) >= 11 is 0. The Kier molecular flexibility index (Phi) is 3.69. The van der Waals surface area contributed by atoms with Crippen LogP contribution in [0.1, 0.15) is 0 Å². The molecular weight excluding hydrogens is 408 g/mol. The van der Waals surface area contributed by atoms with Gasteiger partial charge in [-0.1, -0.05) is 12.1 Å². The van der Waals surface area contributed by atoms with Gasteiger partial charge in [0.25, 0.3) is 0 Å². The van der Waals surface area contributed by atoms with Crippen LogP contribution in [0, 0.1) is 5.82 Å². The molecule has 0 unspecified atom stereocenters. The standard InChI is InChI=1S/C12H10BFN3.Ir/c1-16-10-4-2-3-5-11(10)17(13-16)12-7-6-9(14)8-15-12;/h2-8H,1H3;. The predicted octanol–water partition coefficient (Wildman–Crippen LogP) is 2.34. The molecule has 1 aromatic carbocycles. The molecule has 1 aliphatic heterocycles. The minimum atomic E-state index is -0.324. The number of rotatable bonds is 1. The second-order valence-electron chi connectivity index (χ2n) is 3.92. The van der Waals surface area contributed by atoms with Gasteiger partial charge in [0.05, 0.1) is 11.9 Å². The van der Waals surface area contributed by atoms with Crippen molar-refractivity contribution < 1.29 is 24.5 Å². The molecule has 0 fully saturated rings. The van der Waals surface area contributed by atoms with E-state index in [1.165, 1.54) is 12.3 Å². The third-order valence-electron chi connectivity index (χ3n) is 2.77. The van der Waals surface area contributed by atoms with Gasteiger partial charge in [0.1, 0.15) is 11.6 Å². The van der Waals surface area contributed by atoms with E-state index in [0.717, 1.165) is 11.4 Å². The number of fused-ring (bicyclic) bond motifs is 1. The Morgan fingerprint density at radius 1 is 1.11 bits per heavy atom. The predicted molar refractivity (Wildman–Crippen MR) is 66.9 cm³/mol. The Morgan fingerprint density at radius 2 is 1.83 bits per heavy atom. The Labute approximate surface area is 119 Å². The topological polar surface area (TPSA) is 19.4 Å². The van der Waals surface area contributed by atoms with Gasteiger partial charge in [-0.15, -0.1) is 0 Å². The van der Waals surface area contributed by atoms with Crippen LogP contribution in [0.5, 0.6) is 0 Å². The summed E-state index contributed by atoms with van der Waals surface area (Å²) in [6.45, 7) is 0. The summed E-state index contributed by atoms with van der Waals surface area (Å²) in [5.74, 6) is 0.387. The molecule has 92 valence electrons. The first-order chi connectivity index (χ1) is 8.25. The minimum absolute atomic E-state index is 0. The molecule has 2 radical (unpaired) electrons. The fourth-order valence-corrected chi connectivity index (χ4v) is 1.96. The summed E-state index contributed by atoms with van der Waals surface area (Å²) in [6.07, 6.45) is 1.23. The Balaban J connectivity index is 0.00000120.